The van der Waals surface area contributed by atoms with Gasteiger partial charge in [-0.25, -0.2) is 0 Å². The van der Waals surface area contributed by atoms with Crippen molar-refractivity contribution in [2.45, 2.75) is 25.7 Å². The Morgan fingerprint density at radius 3 is 2.47 bits per heavy atom. The summed E-state index contributed by atoms with van der Waals surface area (Å²) in [6, 6.07) is 7.80. The van der Waals surface area contributed by atoms with E-state index in [9.17, 15) is 4.79 Å². The summed E-state index contributed by atoms with van der Waals surface area (Å²) in [5, 5.41) is 3.05. The Bertz CT molecular complexity index is 495. The van der Waals surface area contributed by atoms with E-state index in [1.54, 1.807) is 0 Å². The maximum atomic E-state index is 12.3. The van der Waals surface area contributed by atoms with Crippen LogP contribution in [0.5, 0.6) is 0 Å². The summed E-state index contributed by atoms with van der Waals surface area (Å²) in [5.41, 5.74) is 0.886. The van der Waals surface area contributed by atoms with E-state index in [-0.39, 0.29) is 11.8 Å². The fourth-order valence-corrected chi connectivity index (χ4v) is 3.63. The van der Waals surface area contributed by atoms with Crippen LogP contribution in [0, 0.1) is 17.8 Å². The number of fused-ring (bicyclic) bond motifs is 1. The number of carbonyl (C=O) groups is 1. The number of hydrogen-bond donors (Lipinski definition) is 1. The van der Waals surface area contributed by atoms with Gasteiger partial charge in [-0.3, -0.25) is 4.79 Å². The van der Waals surface area contributed by atoms with Gasteiger partial charge in [0.2, 0.25) is 5.91 Å². The molecule has 0 heterocycles. The Hall–Kier alpha value is -1.09. The number of nitrogens with one attached hydrogen (secondary N) is 1. The molecule has 1 aromatic carbocycles. The molecular weight excluding hydrogens is 302 g/mol. The van der Waals surface area contributed by atoms with Crippen molar-refractivity contribution >= 4 is 27.5 Å². The fraction of sp³-hybridized carbons (Fsp3) is 0.438. The lowest BCUT2D eigenvalue weighted by atomic mass is 10.1. The van der Waals surface area contributed by atoms with E-state index >= 15 is 0 Å². The van der Waals surface area contributed by atoms with E-state index < -0.39 is 0 Å². The summed E-state index contributed by atoms with van der Waals surface area (Å²) in [6.07, 6.45) is 9.11. The number of hydrogen-bond acceptors (Lipinski definition) is 1. The predicted octanol–water partition coefficient (Wildman–Crippen LogP) is 4.38. The number of rotatable bonds is 2. The molecular formula is C16H18BrNO. The van der Waals surface area contributed by atoms with Crippen LogP contribution in [-0.4, -0.2) is 5.91 Å². The van der Waals surface area contributed by atoms with Crippen molar-refractivity contribution in [1.29, 1.82) is 0 Å². The van der Waals surface area contributed by atoms with Crippen molar-refractivity contribution in [2.75, 3.05) is 5.32 Å². The second-order valence-electron chi connectivity index (χ2n) is 5.48. The normalized spacial score (nSPS) is 29.0. The Balaban J connectivity index is 1.63. The van der Waals surface area contributed by atoms with E-state index in [4.69, 9.17) is 0 Å². The monoisotopic (exact) mass is 319 g/mol. The third-order valence-corrected chi connectivity index (χ3v) is 4.72. The highest BCUT2D eigenvalue weighted by Crippen LogP contribution is 2.53. The van der Waals surface area contributed by atoms with E-state index in [1.807, 2.05) is 24.3 Å². The molecule has 1 aromatic rings. The lowest BCUT2D eigenvalue weighted by molar-refractivity contribution is -0.117. The number of halogens is 1. The molecule has 1 saturated carbocycles. The smallest absolute Gasteiger partial charge is 0.228 e. The number of benzene rings is 1. The summed E-state index contributed by atoms with van der Waals surface area (Å²) in [6.45, 7) is 0. The minimum Gasteiger partial charge on any atom is -0.326 e. The Morgan fingerprint density at radius 2 is 1.84 bits per heavy atom. The molecule has 3 rings (SSSR count). The predicted molar refractivity (Wildman–Crippen MR) is 80.8 cm³/mol. The highest BCUT2D eigenvalue weighted by atomic mass is 79.9. The van der Waals surface area contributed by atoms with Gasteiger partial charge in [0.1, 0.15) is 0 Å². The summed E-state index contributed by atoms with van der Waals surface area (Å²) < 4.78 is 0.997. The van der Waals surface area contributed by atoms with Gasteiger partial charge in [-0.05, 0) is 55.7 Å². The molecule has 0 aromatic heterocycles. The number of amides is 1. The van der Waals surface area contributed by atoms with Crippen LogP contribution >= 0.6 is 15.9 Å². The minimum atomic E-state index is 0.204. The average Bonchev–Trinajstić information content (AvgIpc) is 3.00. The second kappa shape index (κ2) is 5.49. The van der Waals surface area contributed by atoms with Crippen LogP contribution in [0.25, 0.3) is 0 Å². The first kappa shape index (κ1) is 12.9. The quantitative estimate of drug-likeness (QED) is 0.805. The van der Waals surface area contributed by atoms with E-state index in [2.05, 4.69) is 33.4 Å². The molecule has 19 heavy (non-hydrogen) atoms. The zero-order chi connectivity index (χ0) is 13.2. The van der Waals surface area contributed by atoms with Gasteiger partial charge >= 0.3 is 0 Å². The summed E-state index contributed by atoms with van der Waals surface area (Å²) in [4.78, 5) is 12.3. The lowest BCUT2D eigenvalue weighted by Gasteiger charge is -2.05. The molecule has 0 bridgehead atoms. The van der Waals surface area contributed by atoms with Crippen LogP contribution < -0.4 is 5.32 Å². The first-order chi connectivity index (χ1) is 9.25. The van der Waals surface area contributed by atoms with Crippen molar-refractivity contribution < 1.29 is 4.79 Å². The molecule has 100 valence electrons. The molecule has 3 atom stereocenters. The minimum absolute atomic E-state index is 0.204. The molecule has 0 radical (unpaired) electrons. The van der Waals surface area contributed by atoms with Crippen LogP contribution in [0.3, 0.4) is 0 Å². The average molecular weight is 320 g/mol. The van der Waals surface area contributed by atoms with E-state index in [1.165, 1.54) is 0 Å². The molecule has 1 amide bonds. The number of carbonyl (C=O) groups excluding carboxylic acids is 1. The van der Waals surface area contributed by atoms with Crippen molar-refractivity contribution in [3.8, 4) is 0 Å². The fourth-order valence-electron chi connectivity index (χ4n) is 3.23. The van der Waals surface area contributed by atoms with Crippen molar-refractivity contribution in [2.24, 2.45) is 17.8 Å². The third kappa shape index (κ3) is 2.92. The van der Waals surface area contributed by atoms with Crippen LogP contribution in [0.15, 0.2) is 40.9 Å². The molecule has 1 fully saturated rings. The van der Waals surface area contributed by atoms with Gasteiger partial charge in [-0.15, -0.1) is 0 Å². The Kier molecular flexibility index (Phi) is 3.74. The maximum absolute atomic E-state index is 12.3. The molecule has 0 saturated heterocycles. The highest BCUT2D eigenvalue weighted by molar-refractivity contribution is 9.10. The summed E-state index contributed by atoms with van der Waals surface area (Å²) in [5.74, 6) is 1.66. The zero-order valence-electron chi connectivity index (χ0n) is 10.8. The van der Waals surface area contributed by atoms with Crippen LogP contribution in [0.1, 0.15) is 25.7 Å². The number of anilines is 1. The second-order valence-corrected chi connectivity index (χ2v) is 6.39. The SMILES string of the molecule is O=C(Nc1cccc(Br)c1)C1[C@H]2CCC=CCC[C@@H]12. The Morgan fingerprint density at radius 1 is 1.16 bits per heavy atom. The molecule has 2 aliphatic rings. The van der Waals surface area contributed by atoms with E-state index in [0.717, 1.165) is 35.8 Å². The zero-order valence-corrected chi connectivity index (χ0v) is 12.4. The summed E-state index contributed by atoms with van der Waals surface area (Å²) >= 11 is 3.43. The molecule has 1 N–H and O–H groups in total. The lowest BCUT2D eigenvalue weighted by Crippen LogP contribution is -2.15. The van der Waals surface area contributed by atoms with Crippen LogP contribution in [0.2, 0.25) is 0 Å². The first-order valence-corrected chi connectivity index (χ1v) is 7.76. The van der Waals surface area contributed by atoms with Gasteiger partial charge < -0.3 is 5.32 Å². The Labute approximate surface area is 122 Å². The van der Waals surface area contributed by atoms with E-state index in [0.29, 0.717) is 11.8 Å². The van der Waals surface area contributed by atoms with Gasteiger partial charge in [0.25, 0.3) is 0 Å². The highest BCUT2D eigenvalue weighted by Gasteiger charge is 2.53. The van der Waals surface area contributed by atoms with Crippen molar-refractivity contribution in [3.63, 3.8) is 0 Å². The van der Waals surface area contributed by atoms with Gasteiger partial charge in [0.15, 0.2) is 0 Å². The van der Waals surface area contributed by atoms with Crippen LogP contribution in [0.4, 0.5) is 5.69 Å². The summed E-state index contributed by atoms with van der Waals surface area (Å²) in [7, 11) is 0. The van der Waals surface area contributed by atoms with Gasteiger partial charge in [-0.2, -0.15) is 0 Å². The molecule has 0 aliphatic heterocycles. The van der Waals surface area contributed by atoms with Gasteiger partial charge in [0.05, 0.1) is 0 Å². The molecule has 0 spiro atoms. The molecule has 1 unspecified atom stereocenters. The topological polar surface area (TPSA) is 29.1 Å². The van der Waals surface area contributed by atoms with Crippen molar-refractivity contribution in [1.82, 2.24) is 0 Å². The third-order valence-electron chi connectivity index (χ3n) is 4.23. The first-order valence-electron chi connectivity index (χ1n) is 6.97. The maximum Gasteiger partial charge on any atom is 0.228 e. The molecule has 3 heteroatoms. The standard InChI is InChI=1S/C16H18BrNO/c17-11-6-5-7-12(10-11)18-16(19)15-13-8-3-1-2-4-9-14(13)15/h1-2,5-7,10,13-15H,3-4,8-9H2,(H,18,19)/t13-,14+,15?. The van der Waals surface area contributed by atoms with Gasteiger partial charge in [0, 0.05) is 16.1 Å². The van der Waals surface area contributed by atoms with Gasteiger partial charge in [-0.1, -0.05) is 34.1 Å². The molecule has 2 aliphatic carbocycles. The number of allylic oxidation sites excluding steroid dienone is 2. The largest absolute Gasteiger partial charge is 0.326 e. The molecule has 2 nitrogen and oxygen atoms in total. The van der Waals surface area contributed by atoms with Crippen molar-refractivity contribution in [3.05, 3.63) is 40.9 Å². The van der Waals surface area contributed by atoms with Crippen LogP contribution in [-0.2, 0) is 4.79 Å².